The molecule has 1 atom stereocenters. The number of benzene rings is 2. The number of fused-ring (bicyclic) bond motifs is 2. The smallest absolute Gasteiger partial charge is 0.350 e. The van der Waals surface area contributed by atoms with Gasteiger partial charge in [0.25, 0.3) is 5.91 Å². The van der Waals surface area contributed by atoms with Crippen LogP contribution in [-0.2, 0) is 4.74 Å². The highest BCUT2D eigenvalue weighted by atomic mass is 32.1. The quantitative estimate of drug-likeness (QED) is 0.338. The average molecular weight is 474 g/mol. The third-order valence-corrected chi connectivity index (χ3v) is 6.63. The number of ether oxygens (including phenoxy) is 1. The predicted octanol–water partition coefficient (Wildman–Crippen LogP) is 4.36. The van der Waals surface area contributed by atoms with Gasteiger partial charge in [-0.3, -0.25) is 14.5 Å². The van der Waals surface area contributed by atoms with Crippen molar-refractivity contribution in [3.05, 3.63) is 98.9 Å². The van der Waals surface area contributed by atoms with E-state index in [1.807, 2.05) is 0 Å². The molecule has 1 aliphatic rings. The first-order valence-corrected chi connectivity index (χ1v) is 11.2. The van der Waals surface area contributed by atoms with Gasteiger partial charge in [0.05, 0.1) is 22.7 Å². The normalized spacial score (nSPS) is 14.9. The number of esters is 1. The van der Waals surface area contributed by atoms with Crippen LogP contribution >= 0.6 is 11.3 Å². The van der Waals surface area contributed by atoms with Crippen LogP contribution in [0.25, 0.3) is 11.0 Å². The zero-order valence-electron chi connectivity index (χ0n) is 18.0. The van der Waals surface area contributed by atoms with E-state index in [9.17, 15) is 19.5 Å². The van der Waals surface area contributed by atoms with Crippen LogP contribution in [0.5, 0.6) is 5.75 Å². The highest BCUT2D eigenvalue weighted by molar-refractivity contribution is 7.17. The van der Waals surface area contributed by atoms with Crippen LogP contribution in [0.2, 0.25) is 0 Å². The van der Waals surface area contributed by atoms with E-state index in [4.69, 9.17) is 9.15 Å². The summed E-state index contributed by atoms with van der Waals surface area (Å²) in [4.78, 5) is 45.6. The number of phenolic OH excluding ortho intramolecular Hbond substituents is 1. The van der Waals surface area contributed by atoms with Crippen molar-refractivity contribution >= 4 is 39.3 Å². The zero-order chi connectivity index (χ0) is 24.0. The van der Waals surface area contributed by atoms with Gasteiger partial charge in [-0.05, 0) is 36.8 Å². The zero-order valence-corrected chi connectivity index (χ0v) is 18.8. The first-order chi connectivity index (χ1) is 16.4. The second kappa shape index (κ2) is 8.27. The fourth-order valence-corrected chi connectivity index (χ4v) is 4.95. The monoisotopic (exact) mass is 474 g/mol. The summed E-state index contributed by atoms with van der Waals surface area (Å²) in [6.45, 7) is 5.22. The molecule has 8 nitrogen and oxygen atoms in total. The van der Waals surface area contributed by atoms with Gasteiger partial charge >= 0.3 is 5.97 Å². The van der Waals surface area contributed by atoms with Gasteiger partial charge < -0.3 is 14.3 Å². The Labute approximate surface area is 197 Å². The minimum atomic E-state index is -0.855. The van der Waals surface area contributed by atoms with Gasteiger partial charge in [0, 0.05) is 0 Å². The van der Waals surface area contributed by atoms with Crippen molar-refractivity contribution in [1.29, 1.82) is 0 Å². The fraction of sp³-hybridized carbons (Fsp3) is 0.120. The molecule has 9 heteroatoms. The highest BCUT2D eigenvalue weighted by Crippen LogP contribution is 2.43. The molecule has 0 radical (unpaired) electrons. The molecule has 170 valence electrons. The number of rotatable bonds is 5. The molecule has 4 aromatic rings. The third-order valence-electron chi connectivity index (χ3n) is 5.50. The molecule has 0 saturated carbocycles. The van der Waals surface area contributed by atoms with E-state index in [-0.39, 0.29) is 39.1 Å². The van der Waals surface area contributed by atoms with E-state index in [1.165, 1.54) is 23.1 Å². The number of hydrogen-bond donors (Lipinski definition) is 1. The lowest BCUT2D eigenvalue weighted by Crippen LogP contribution is -2.29. The largest absolute Gasteiger partial charge is 0.508 e. The fourth-order valence-electron chi connectivity index (χ4n) is 3.96. The molecule has 2 aromatic heterocycles. The second-order valence-corrected chi connectivity index (χ2v) is 8.62. The first-order valence-electron chi connectivity index (χ1n) is 10.3. The van der Waals surface area contributed by atoms with Crippen molar-refractivity contribution in [3.8, 4) is 5.75 Å². The lowest BCUT2D eigenvalue weighted by molar-refractivity contribution is 0.0554. The predicted molar refractivity (Wildman–Crippen MR) is 127 cm³/mol. The minimum Gasteiger partial charge on any atom is -0.508 e. The summed E-state index contributed by atoms with van der Waals surface area (Å²) in [6, 6.07) is 12.1. The molecule has 1 N–H and O–H groups in total. The van der Waals surface area contributed by atoms with Crippen molar-refractivity contribution in [2.75, 3.05) is 11.5 Å². The summed E-state index contributed by atoms with van der Waals surface area (Å²) in [5.41, 5.74) is 1.13. The Bertz CT molecular complexity index is 1520. The molecule has 1 aliphatic heterocycles. The molecule has 0 spiro atoms. The van der Waals surface area contributed by atoms with Crippen LogP contribution in [0.1, 0.15) is 43.1 Å². The number of aromatic nitrogens is 1. The van der Waals surface area contributed by atoms with Gasteiger partial charge in [0.1, 0.15) is 22.8 Å². The number of nitrogens with zero attached hydrogens (tertiary/aromatic N) is 2. The number of amides is 1. The molecule has 5 rings (SSSR count). The topological polar surface area (TPSA) is 110 Å². The molecule has 0 bridgehead atoms. The van der Waals surface area contributed by atoms with Crippen LogP contribution in [0.4, 0.5) is 5.13 Å². The van der Waals surface area contributed by atoms with Gasteiger partial charge in [0.2, 0.25) is 5.76 Å². The lowest BCUT2D eigenvalue weighted by Gasteiger charge is -2.22. The molecule has 0 fully saturated rings. The number of carbonyl (C=O) groups is 2. The van der Waals surface area contributed by atoms with Crippen molar-refractivity contribution in [3.63, 3.8) is 0 Å². The van der Waals surface area contributed by atoms with Crippen LogP contribution in [0.15, 0.2) is 70.4 Å². The van der Waals surface area contributed by atoms with E-state index >= 15 is 0 Å². The van der Waals surface area contributed by atoms with Gasteiger partial charge in [-0.1, -0.05) is 48.3 Å². The van der Waals surface area contributed by atoms with Crippen LogP contribution < -0.4 is 10.3 Å². The summed E-state index contributed by atoms with van der Waals surface area (Å²) in [5.74, 6) is -1.16. The third kappa shape index (κ3) is 3.37. The van der Waals surface area contributed by atoms with Crippen molar-refractivity contribution in [2.45, 2.75) is 13.0 Å². The van der Waals surface area contributed by atoms with Crippen LogP contribution in [0.3, 0.4) is 0 Å². The molecular weight excluding hydrogens is 456 g/mol. The van der Waals surface area contributed by atoms with Gasteiger partial charge in [-0.2, -0.15) is 0 Å². The first kappa shape index (κ1) is 21.6. The maximum atomic E-state index is 13.6. The summed E-state index contributed by atoms with van der Waals surface area (Å²) in [7, 11) is 0. The SMILES string of the molecule is C=CCOC(=O)c1sc(N2C(=O)c3oc4ccccc4c(=O)c3[C@H]2c2ccc(O)cc2)nc1C. The Balaban J connectivity index is 1.71. The van der Waals surface area contributed by atoms with Crippen molar-refractivity contribution in [2.24, 2.45) is 0 Å². The molecule has 0 saturated heterocycles. The van der Waals surface area contributed by atoms with Gasteiger partial charge in [-0.25, -0.2) is 9.78 Å². The number of aromatic hydroxyl groups is 1. The molecule has 1 amide bonds. The molecule has 3 heterocycles. The van der Waals surface area contributed by atoms with E-state index in [2.05, 4.69) is 11.6 Å². The molecule has 0 unspecified atom stereocenters. The highest BCUT2D eigenvalue weighted by Gasteiger charge is 2.45. The molecular formula is C25H18N2O6S. The van der Waals surface area contributed by atoms with E-state index in [0.29, 0.717) is 22.2 Å². The summed E-state index contributed by atoms with van der Waals surface area (Å²) >= 11 is 0.993. The Kier molecular flexibility index (Phi) is 5.25. The van der Waals surface area contributed by atoms with Crippen molar-refractivity contribution < 1.29 is 23.8 Å². The summed E-state index contributed by atoms with van der Waals surface area (Å²) in [6.07, 6.45) is 1.46. The number of hydrogen-bond acceptors (Lipinski definition) is 8. The van der Waals surface area contributed by atoms with E-state index in [0.717, 1.165) is 11.3 Å². The molecule has 34 heavy (non-hydrogen) atoms. The summed E-state index contributed by atoms with van der Waals surface area (Å²) < 4.78 is 11.0. The van der Waals surface area contributed by atoms with Crippen LogP contribution in [0, 0.1) is 6.92 Å². The number of phenols is 1. The molecule has 2 aromatic carbocycles. The maximum absolute atomic E-state index is 13.6. The average Bonchev–Trinajstić information content (AvgIpc) is 3.36. The second-order valence-electron chi connectivity index (χ2n) is 7.64. The Morgan fingerprint density at radius 2 is 1.97 bits per heavy atom. The number of anilines is 1. The number of aryl methyl sites for hydroxylation is 1. The van der Waals surface area contributed by atoms with Crippen molar-refractivity contribution in [1.82, 2.24) is 4.98 Å². The maximum Gasteiger partial charge on any atom is 0.350 e. The van der Waals surface area contributed by atoms with Crippen LogP contribution in [-0.4, -0.2) is 28.6 Å². The van der Waals surface area contributed by atoms with Gasteiger partial charge in [0.15, 0.2) is 10.6 Å². The lowest BCUT2D eigenvalue weighted by atomic mass is 9.98. The minimum absolute atomic E-state index is 0.0424. The number of thiazole rings is 1. The Hall–Kier alpha value is -4.24. The Morgan fingerprint density at radius 3 is 2.71 bits per heavy atom. The Morgan fingerprint density at radius 1 is 1.24 bits per heavy atom. The number of para-hydroxylation sites is 1. The summed E-state index contributed by atoms with van der Waals surface area (Å²) in [5, 5.41) is 10.3. The van der Waals surface area contributed by atoms with E-state index in [1.54, 1.807) is 43.3 Å². The number of carbonyl (C=O) groups excluding carboxylic acids is 2. The van der Waals surface area contributed by atoms with Gasteiger partial charge in [-0.15, -0.1) is 0 Å². The standard InChI is InChI=1S/C25H18N2O6S/c1-3-12-32-24(31)22-13(2)26-25(34-22)27-19(14-8-10-15(28)11-9-14)18-20(29)16-6-4-5-7-17(16)33-21(18)23(27)30/h3-11,19,28H,1,12H2,2H3/t19-/m1/s1. The van der Waals surface area contributed by atoms with E-state index < -0.39 is 17.9 Å². The molecule has 0 aliphatic carbocycles.